The molecule has 0 aliphatic carbocycles. The van der Waals surface area contributed by atoms with Crippen LogP contribution >= 0.6 is 11.3 Å². The Morgan fingerprint density at radius 1 is 1.20 bits per heavy atom. The van der Waals surface area contributed by atoms with E-state index in [1.54, 1.807) is 23.5 Å². The number of nitrogens with one attached hydrogen (secondary N) is 1. The van der Waals surface area contributed by atoms with E-state index in [4.69, 9.17) is 4.74 Å². The molecular weight excluding hydrogens is 360 g/mol. The minimum absolute atomic E-state index is 0.0933. The van der Waals surface area contributed by atoms with E-state index in [1.807, 2.05) is 24.4 Å². The molecule has 1 N–H and O–H groups in total. The van der Waals surface area contributed by atoms with Crippen LogP contribution in [0.25, 0.3) is 0 Å². The highest BCUT2D eigenvalue weighted by Gasteiger charge is 2.26. The summed E-state index contributed by atoms with van der Waals surface area (Å²) in [6.45, 7) is 3.42. The average Bonchev–Trinajstić information content (AvgIpc) is 3.17. The summed E-state index contributed by atoms with van der Waals surface area (Å²) in [5.74, 6) is -0.226. The highest BCUT2D eigenvalue weighted by atomic mass is 32.2. The quantitative estimate of drug-likeness (QED) is 0.863. The lowest BCUT2D eigenvalue weighted by Crippen LogP contribution is -2.40. The number of hydrogen-bond acceptors (Lipinski definition) is 5. The van der Waals surface area contributed by atoms with Crippen molar-refractivity contribution >= 4 is 27.3 Å². The molecule has 1 aromatic heterocycles. The first-order chi connectivity index (χ1) is 12.0. The first kappa shape index (κ1) is 18.1. The van der Waals surface area contributed by atoms with Crippen molar-refractivity contribution in [3.63, 3.8) is 0 Å². The minimum atomic E-state index is -3.54. The van der Waals surface area contributed by atoms with Gasteiger partial charge in [-0.25, -0.2) is 8.42 Å². The predicted octanol–water partition coefficient (Wildman–Crippen LogP) is 2.26. The zero-order valence-corrected chi connectivity index (χ0v) is 15.5. The molecular formula is C17H20N2O4S2. The van der Waals surface area contributed by atoms with Gasteiger partial charge >= 0.3 is 0 Å². The van der Waals surface area contributed by atoms with Crippen LogP contribution in [-0.4, -0.2) is 44.9 Å². The van der Waals surface area contributed by atoms with Crippen molar-refractivity contribution < 1.29 is 17.9 Å². The number of thiophene rings is 1. The average molecular weight is 380 g/mol. The number of nitrogens with zero attached hydrogens (tertiary/aromatic N) is 1. The first-order valence-electron chi connectivity index (χ1n) is 8.01. The van der Waals surface area contributed by atoms with Gasteiger partial charge in [-0.2, -0.15) is 4.31 Å². The summed E-state index contributed by atoms with van der Waals surface area (Å²) in [6.07, 6.45) is 0. The van der Waals surface area contributed by atoms with Crippen LogP contribution in [0, 0.1) is 0 Å². The smallest absolute Gasteiger partial charge is 0.251 e. The van der Waals surface area contributed by atoms with E-state index in [0.717, 1.165) is 4.88 Å². The van der Waals surface area contributed by atoms with Crippen LogP contribution in [0.15, 0.2) is 46.7 Å². The normalized spacial score (nSPS) is 17.2. The number of benzene rings is 1. The van der Waals surface area contributed by atoms with Gasteiger partial charge in [-0.05, 0) is 42.6 Å². The monoisotopic (exact) mass is 380 g/mol. The van der Waals surface area contributed by atoms with Crippen LogP contribution in [0.1, 0.15) is 28.2 Å². The summed E-state index contributed by atoms with van der Waals surface area (Å²) >= 11 is 1.58. The maximum atomic E-state index is 12.6. The number of hydrogen-bond donors (Lipinski definition) is 1. The molecule has 1 amide bonds. The van der Waals surface area contributed by atoms with Gasteiger partial charge in [0.2, 0.25) is 10.0 Å². The molecule has 0 radical (unpaired) electrons. The third kappa shape index (κ3) is 4.09. The molecule has 1 fully saturated rings. The molecule has 0 spiro atoms. The van der Waals surface area contributed by atoms with E-state index in [-0.39, 0.29) is 16.8 Å². The van der Waals surface area contributed by atoms with E-state index in [0.29, 0.717) is 31.9 Å². The van der Waals surface area contributed by atoms with Gasteiger partial charge in [0.15, 0.2) is 0 Å². The SMILES string of the molecule is C[C@@H](NC(=O)c1ccc(S(=O)(=O)N2CCOCC2)cc1)c1cccs1. The predicted molar refractivity (Wildman–Crippen MR) is 96.2 cm³/mol. The first-order valence-corrected chi connectivity index (χ1v) is 10.3. The van der Waals surface area contributed by atoms with Crippen LogP contribution in [0.5, 0.6) is 0 Å². The largest absolute Gasteiger partial charge is 0.379 e. The molecule has 134 valence electrons. The zero-order valence-electron chi connectivity index (χ0n) is 13.8. The van der Waals surface area contributed by atoms with Gasteiger partial charge in [-0.15, -0.1) is 11.3 Å². The Kier molecular flexibility index (Phi) is 5.53. The molecule has 1 aliphatic heterocycles. The standard InChI is InChI=1S/C17H20N2O4S2/c1-13(16-3-2-12-24-16)18-17(20)14-4-6-15(7-5-14)25(21,22)19-8-10-23-11-9-19/h2-7,12-13H,8-11H2,1H3,(H,18,20)/t13-/m1/s1. The lowest BCUT2D eigenvalue weighted by molar-refractivity contribution is 0.0730. The summed E-state index contributed by atoms with van der Waals surface area (Å²) in [6, 6.07) is 9.87. The second-order valence-electron chi connectivity index (χ2n) is 5.75. The van der Waals surface area contributed by atoms with Crippen molar-refractivity contribution in [3.8, 4) is 0 Å². The number of carbonyl (C=O) groups excluding carboxylic acids is 1. The van der Waals surface area contributed by atoms with Crippen molar-refractivity contribution in [2.24, 2.45) is 0 Å². The maximum absolute atomic E-state index is 12.6. The fourth-order valence-electron chi connectivity index (χ4n) is 2.60. The molecule has 1 saturated heterocycles. The lowest BCUT2D eigenvalue weighted by atomic mass is 10.2. The van der Waals surface area contributed by atoms with Gasteiger partial charge in [0.05, 0.1) is 24.2 Å². The number of ether oxygens (including phenoxy) is 1. The minimum Gasteiger partial charge on any atom is -0.379 e. The van der Waals surface area contributed by atoms with Gasteiger partial charge < -0.3 is 10.1 Å². The summed E-state index contributed by atoms with van der Waals surface area (Å²) in [5.41, 5.74) is 0.435. The molecule has 6 nitrogen and oxygen atoms in total. The van der Waals surface area contributed by atoms with Crippen LogP contribution in [0.4, 0.5) is 0 Å². The Hall–Kier alpha value is -1.74. The molecule has 1 atom stereocenters. The van der Waals surface area contributed by atoms with Crippen molar-refractivity contribution in [2.75, 3.05) is 26.3 Å². The van der Waals surface area contributed by atoms with Crippen LogP contribution < -0.4 is 5.32 Å². The molecule has 25 heavy (non-hydrogen) atoms. The molecule has 0 unspecified atom stereocenters. The summed E-state index contributed by atoms with van der Waals surface area (Å²) in [5, 5.41) is 4.88. The van der Waals surface area contributed by atoms with Gasteiger partial charge in [0, 0.05) is 23.5 Å². The van der Waals surface area contributed by atoms with Gasteiger partial charge in [-0.1, -0.05) is 6.07 Å². The Labute approximate surface area is 151 Å². The fraction of sp³-hybridized carbons (Fsp3) is 0.353. The number of amides is 1. The van der Waals surface area contributed by atoms with Gasteiger partial charge in [-0.3, -0.25) is 4.79 Å². The zero-order chi connectivity index (χ0) is 17.9. The fourth-order valence-corrected chi connectivity index (χ4v) is 4.75. The van der Waals surface area contributed by atoms with E-state index >= 15 is 0 Å². The van der Waals surface area contributed by atoms with Gasteiger partial charge in [0.1, 0.15) is 0 Å². The van der Waals surface area contributed by atoms with Crippen molar-refractivity contribution in [3.05, 3.63) is 52.2 Å². The van der Waals surface area contributed by atoms with Crippen molar-refractivity contribution in [1.82, 2.24) is 9.62 Å². The number of carbonyl (C=O) groups is 1. The molecule has 1 aromatic carbocycles. The van der Waals surface area contributed by atoms with E-state index in [1.165, 1.54) is 16.4 Å². The van der Waals surface area contributed by atoms with E-state index < -0.39 is 10.0 Å². The Morgan fingerprint density at radius 3 is 2.48 bits per heavy atom. The van der Waals surface area contributed by atoms with Gasteiger partial charge in [0.25, 0.3) is 5.91 Å². The molecule has 8 heteroatoms. The molecule has 3 rings (SSSR count). The highest BCUT2D eigenvalue weighted by Crippen LogP contribution is 2.20. The van der Waals surface area contributed by atoms with Crippen LogP contribution in [0.2, 0.25) is 0 Å². The van der Waals surface area contributed by atoms with Crippen molar-refractivity contribution in [1.29, 1.82) is 0 Å². The molecule has 1 aliphatic rings. The molecule has 2 aromatic rings. The van der Waals surface area contributed by atoms with Crippen LogP contribution in [-0.2, 0) is 14.8 Å². The van der Waals surface area contributed by atoms with Crippen molar-refractivity contribution in [2.45, 2.75) is 17.9 Å². The third-order valence-electron chi connectivity index (χ3n) is 4.04. The Morgan fingerprint density at radius 2 is 1.88 bits per heavy atom. The van der Waals surface area contributed by atoms with E-state index in [9.17, 15) is 13.2 Å². The second-order valence-corrected chi connectivity index (χ2v) is 8.67. The summed E-state index contributed by atoms with van der Waals surface area (Å²) in [4.78, 5) is 13.6. The number of morpholine rings is 1. The van der Waals surface area contributed by atoms with Crippen LogP contribution in [0.3, 0.4) is 0 Å². The molecule has 0 bridgehead atoms. The topological polar surface area (TPSA) is 75.7 Å². The third-order valence-corrected chi connectivity index (χ3v) is 7.01. The number of rotatable bonds is 5. The summed E-state index contributed by atoms with van der Waals surface area (Å²) in [7, 11) is -3.54. The Balaban J connectivity index is 1.70. The number of sulfonamides is 1. The highest BCUT2D eigenvalue weighted by molar-refractivity contribution is 7.89. The lowest BCUT2D eigenvalue weighted by Gasteiger charge is -2.26. The summed E-state index contributed by atoms with van der Waals surface area (Å²) < 4.78 is 31.7. The molecule has 2 heterocycles. The maximum Gasteiger partial charge on any atom is 0.251 e. The van der Waals surface area contributed by atoms with E-state index in [2.05, 4.69) is 5.32 Å². The second kappa shape index (κ2) is 7.65. The Bertz CT molecular complexity index is 811. The molecule has 0 saturated carbocycles.